The maximum Gasteiger partial charge on any atom is 0.435 e. The van der Waals surface area contributed by atoms with E-state index >= 15 is 0 Å². The van der Waals surface area contributed by atoms with E-state index in [1.54, 1.807) is 24.3 Å². The lowest BCUT2D eigenvalue weighted by atomic mass is 10.1. The van der Waals surface area contributed by atoms with Crippen LogP contribution < -0.4 is 5.14 Å². The summed E-state index contributed by atoms with van der Waals surface area (Å²) in [5.74, 6) is 0. The summed E-state index contributed by atoms with van der Waals surface area (Å²) in [6.45, 7) is 0. The third kappa shape index (κ3) is 3.91. The maximum atomic E-state index is 13.1. The summed E-state index contributed by atoms with van der Waals surface area (Å²) in [6.07, 6.45) is -4.61. The Morgan fingerprint density at radius 1 is 1.00 bits per heavy atom. The summed E-state index contributed by atoms with van der Waals surface area (Å²) in [7, 11) is -3.90. The Morgan fingerprint density at radius 3 is 2.08 bits per heavy atom. The first kappa shape index (κ1) is 18.9. The van der Waals surface area contributed by atoms with E-state index in [4.69, 9.17) is 5.14 Å². The molecule has 0 fully saturated rings. The van der Waals surface area contributed by atoms with Crippen molar-refractivity contribution in [3.8, 4) is 16.9 Å². The van der Waals surface area contributed by atoms with Gasteiger partial charge >= 0.3 is 6.18 Å². The van der Waals surface area contributed by atoms with E-state index in [1.165, 1.54) is 24.3 Å². The van der Waals surface area contributed by atoms with E-state index in [2.05, 4.69) is 27.7 Å². The topological polar surface area (TPSA) is 78.0 Å². The Bertz CT molecular complexity index is 1040. The highest BCUT2D eigenvalue weighted by Gasteiger charge is 2.35. The van der Waals surface area contributed by atoms with Crippen LogP contribution >= 0.6 is 22.6 Å². The van der Waals surface area contributed by atoms with Gasteiger partial charge in [0.05, 0.1) is 16.3 Å². The second-order valence-electron chi connectivity index (χ2n) is 5.37. The van der Waals surface area contributed by atoms with Crippen LogP contribution in [-0.2, 0) is 16.2 Å². The van der Waals surface area contributed by atoms with Gasteiger partial charge in [0.25, 0.3) is 0 Å². The molecule has 0 saturated carbocycles. The average molecular weight is 489 g/mol. The average Bonchev–Trinajstić information content (AvgIpc) is 3.00. The summed E-state index contributed by atoms with van der Waals surface area (Å²) in [5.41, 5.74) is 0.0176. The lowest BCUT2D eigenvalue weighted by molar-refractivity contribution is -0.141. The first-order valence-electron chi connectivity index (χ1n) is 7.12. The Hall–Kier alpha value is -1.92. The molecule has 0 atom stereocenters. The molecule has 1 aromatic heterocycles. The van der Waals surface area contributed by atoms with Crippen LogP contribution in [0.2, 0.25) is 0 Å². The minimum atomic E-state index is -4.61. The molecule has 0 spiro atoms. The van der Waals surface area contributed by atoms with Crippen LogP contribution in [0.4, 0.5) is 13.2 Å². The molecule has 0 saturated heterocycles. The molecule has 2 N–H and O–H groups in total. The molecule has 0 aliphatic heterocycles. The van der Waals surface area contributed by atoms with E-state index in [-0.39, 0.29) is 16.3 Å². The van der Waals surface area contributed by atoms with E-state index < -0.39 is 21.9 Å². The van der Waals surface area contributed by atoms with Crippen LogP contribution in [0.3, 0.4) is 0 Å². The number of nitrogens with two attached hydrogens (primary N) is 1. The molecule has 1 heterocycles. The van der Waals surface area contributed by atoms with Crippen molar-refractivity contribution >= 4 is 32.6 Å². The van der Waals surface area contributed by atoms with Crippen LogP contribution in [-0.4, -0.2) is 18.2 Å². The molecule has 0 aliphatic rings. The van der Waals surface area contributed by atoms with Crippen molar-refractivity contribution in [3.05, 3.63) is 63.9 Å². The standard InChI is InChI=1S/C16H11F3IN3O2S/c17-16(18,19)15-9-14(10-1-3-11(20)4-2-10)23(22-15)12-5-7-13(8-6-12)26(21,24)25/h1-9H,(H2,21,24,25)/i20-4. The lowest BCUT2D eigenvalue weighted by Crippen LogP contribution is -2.12. The normalized spacial score (nSPS) is 12.3. The number of sulfonamides is 1. The SMILES string of the molecule is NS(=O)(=O)c1ccc(-n2nc(C(F)(F)F)cc2-c2ccc([123I])cc2)cc1. The number of alkyl halides is 3. The minimum absolute atomic E-state index is 0.139. The predicted octanol–water partition coefficient (Wildman–Crippen LogP) is 3.81. The zero-order valence-corrected chi connectivity index (χ0v) is 15.9. The van der Waals surface area contributed by atoms with E-state index in [1.807, 2.05) is 0 Å². The van der Waals surface area contributed by atoms with Gasteiger partial charge in [-0.15, -0.1) is 0 Å². The van der Waals surface area contributed by atoms with Crippen molar-refractivity contribution in [3.63, 3.8) is 0 Å². The van der Waals surface area contributed by atoms with Crippen molar-refractivity contribution < 1.29 is 21.6 Å². The predicted molar refractivity (Wildman–Crippen MR) is 98.1 cm³/mol. The van der Waals surface area contributed by atoms with E-state index in [0.29, 0.717) is 5.56 Å². The van der Waals surface area contributed by atoms with Gasteiger partial charge in [0, 0.05) is 9.13 Å². The van der Waals surface area contributed by atoms with Crippen LogP contribution in [0.25, 0.3) is 16.9 Å². The summed E-state index contributed by atoms with van der Waals surface area (Å²) in [6, 6.07) is 13.0. The van der Waals surface area contributed by atoms with Crippen molar-refractivity contribution in [2.24, 2.45) is 5.14 Å². The molecule has 0 amide bonds. The van der Waals surface area contributed by atoms with Crippen LogP contribution in [0.1, 0.15) is 5.69 Å². The van der Waals surface area contributed by atoms with Gasteiger partial charge in [0.15, 0.2) is 5.69 Å². The molecule has 10 heteroatoms. The van der Waals surface area contributed by atoms with E-state index in [9.17, 15) is 21.6 Å². The van der Waals surface area contributed by atoms with Gasteiger partial charge in [-0.05, 0) is 65.1 Å². The van der Waals surface area contributed by atoms with Crippen molar-refractivity contribution in [1.82, 2.24) is 9.78 Å². The van der Waals surface area contributed by atoms with Crippen LogP contribution in [0.5, 0.6) is 0 Å². The fourth-order valence-corrected chi connectivity index (χ4v) is 3.19. The highest BCUT2D eigenvalue weighted by Crippen LogP contribution is 2.33. The van der Waals surface area contributed by atoms with Gasteiger partial charge in [0.1, 0.15) is 0 Å². The van der Waals surface area contributed by atoms with Crippen LogP contribution in [0, 0.1) is 3.57 Å². The monoisotopic (exact) mass is 489 g/mol. The number of primary sulfonamides is 1. The number of hydrogen-bond donors (Lipinski definition) is 1. The van der Waals surface area contributed by atoms with Gasteiger partial charge in [-0.1, -0.05) is 12.1 Å². The molecule has 2 aromatic carbocycles. The van der Waals surface area contributed by atoms with Crippen molar-refractivity contribution in [2.45, 2.75) is 11.1 Å². The molecule has 5 nitrogen and oxygen atoms in total. The summed E-state index contributed by atoms with van der Waals surface area (Å²) < 4.78 is 64.1. The Balaban J connectivity index is 2.16. The van der Waals surface area contributed by atoms with Gasteiger partial charge in [0.2, 0.25) is 10.0 Å². The Morgan fingerprint density at radius 2 is 1.58 bits per heavy atom. The third-order valence-electron chi connectivity index (χ3n) is 3.55. The number of nitrogens with zero attached hydrogens (tertiary/aromatic N) is 2. The Labute approximate surface area is 160 Å². The molecule has 136 valence electrons. The van der Waals surface area contributed by atoms with Gasteiger partial charge < -0.3 is 0 Å². The van der Waals surface area contributed by atoms with Gasteiger partial charge in [-0.3, -0.25) is 0 Å². The second kappa shape index (κ2) is 6.67. The number of hydrogen-bond acceptors (Lipinski definition) is 3. The summed E-state index contributed by atoms with van der Waals surface area (Å²) >= 11 is 2.09. The largest absolute Gasteiger partial charge is 0.435 e. The zero-order valence-electron chi connectivity index (χ0n) is 12.9. The number of aromatic nitrogens is 2. The smallest absolute Gasteiger partial charge is 0.233 e. The van der Waals surface area contributed by atoms with Crippen molar-refractivity contribution in [2.75, 3.05) is 0 Å². The molecule has 0 unspecified atom stereocenters. The molecular weight excluding hydrogens is 478 g/mol. The number of rotatable bonds is 3. The molecule has 3 rings (SSSR count). The van der Waals surface area contributed by atoms with Gasteiger partial charge in [-0.2, -0.15) is 18.3 Å². The van der Waals surface area contributed by atoms with Crippen LogP contribution in [0.15, 0.2) is 59.5 Å². The minimum Gasteiger partial charge on any atom is -0.233 e. The molecule has 0 aliphatic carbocycles. The van der Waals surface area contributed by atoms with E-state index in [0.717, 1.165) is 14.3 Å². The molecule has 3 aromatic rings. The molecule has 0 radical (unpaired) electrons. The zero-order chi connectivity index (χ0) is 19.1. The lowest BCUT2D eigenvalue weighted by Gasteiger charge is -2.08. The molecule has 0 bridgehead atoms. The number of halogens is 4. The third-order valence-corrected chi connectivity index (χ3v) is 5.20. The van der Waals surface area contributed by atoms with Gasteiger partial charge in [-0.25, -0.2) is 18.2 Å². The first-order chi connectivity index (χ1) is 12.1. The van der Waals surface area contributed by atoms with Crippen molar-refractivity contribution in [1.29, 1.82) is 0 Å². The highest BCUT2D eigenvalue weighted by atomic mass is 123. The fourth-order valence-electron chi connectivity index (χ4n) is 2.32. The summed E-state index contributed by atoms with van der Waals surface area (Å²) in [5, 5.41) is 8.69. The Kier molecular flexibility index (Phi) is 4.84. The quantitative estimate of drug-likeness (QED) is 0.569. The number of benzene rings is 2. The second-order valence-corrected chi connectivity index (χ2v) is 8.18. The molecular formula is C16H11F3IN3O2S. The fraction of sp³-hybridized carbons (Fsp3) is 0.0625. The highest BCUT2D eigenvalue weighted by molar-refractivity contribution is 14.1. The summed E-state index contributed by atoms with van der Waals surface area (Å²) in [4.78, 5) is -0.139. The maximum absolute atomic E-state index is 13.1. The molecule has 26 heavy (non-hydrogen) atoms. The first-order valence-corrected chi connectivity index (χ1v) is 9.75.